The van der Waals surface area contributed by atoms with Gasteiger partial charge in [0, 0.05) is 12.4 Å². The Labute approximate surface area is 101 Å². The van der Waals surface area contributed by atoms with Gasteiger partial charge in [-0.05, 0) is 0 Å². The Hall–Kier alpha value is -2.84. The number of aromatic nitrogens is 4. The summed E-state index contributed by atoms with van der Waals surface area (Å²) in [5, 5.41) is 11.0. The molecule has 2 heterocycles. The van der Waals surface area contributed by atoms with E-state index in [0.717, 1.165) is 6.33 Å². The molecule has 2 aromatic heterocycles. The molecule has 0 fully saturated rings. The van der Waals surface area contributed by atoms with Gasteiger partial charge in [0.15, 0.2) is 11.4 Å². The van der Waals surface area contributed by atoms with Gasteiger partial charge in [0.25, 0.3) is 0 Å². The average molecular weight is 248 g/mol. The Morgan fingerprint density at radius 2 is 1.94 bits per heavy atom. The standard InChI is InChI=1S/C9H8N6O3/c1-18-9-6(11-2-3-12-9)5-7(15(16)17)8(10)14-4-13-5/h2-4H,1H3,(H2,10,13,14). The molecule has 0 unspecified atom stereocenters. The highest BCUT2D eigenvalue weighted by Crippen LogP contribution is 2.33. The van der Waals surface area contributed by atoms with E-state index in [0.29, 0.717) is 0 Å². The van der Waals surface area contributed by atoms with Crippen molar-refractivity contribution < 1.29 is 9.66 Å². The molecule has 0 radical (unpaired) electrons. The van der Waals surface area contributed by atoms with E-state index < -0.39 is 10.6 Å². The maximum absolute atomic E-state index is 11.0. The monoisotopic (exact) mass is 248 g/mol. The van der Waals surface area contributed by atoms with E-state index in [1.807, 2.05) is 0 Å². The van der Waals surface area contributed by atoms with E-state index in [1.165, 1.54) is 19.5 Å². The third-order valence-electron chi connectivity index (χ3n) is 2.12. The second-order valence-corrected chi connectivity index (χ2v) is 3.13. The van der Waals surface area contributed by atoms with Crippen LogP contribution in [0.4, 0.5) is 11.5 Å². The summed E-state index contributed by atoms with van der Waals surface area (Å²) in [6.07, 6.45) is 3.89. The lowest BCUT2D eigenvalue weighted by molar-refractivity contribution is -0.383. The molecule has 0 spiro atoms. The lowest BCUT2D eigenvalue weighted by Crippen LogP contribution is -2.04. The highest BCUT2D eigenvalue weighted by Gasteiger charge is 2.25. The van der Waals surface area contributed by atoms with Gasteiger partial charge >= 0.3 is 5.69 Å². The van der Waals surface area contributed by atoms with Crippen LogP contribution in [-0.4, -0.2) is 32.0 Å². The molecular weight excluding hydrogens is 240 g/mol. The zero-order valence-electron chi connectivity index (χ0n) is 9.27. The quantitative estimate of drug-likeness (QED) is 0.611. The van der Waals surface area contributed by atoms with E-state index in [1.54, 1.807) is 0 Å². The molecule has 0 aliphatic heterocycles. The third-order valence-corrected chi connectivity index (χ3v) is 2.12. The molecule has 2 aromatic rings. The van der Waals surface area contributed by atoms with Gasteiger partial charge in [-0.1, -0.05) is 0 Å². The van der Waals surface area contributed by atoms with Crippen molar-refractivity contribution in [2.75, 3.05) is 12.8 Å². The maximum atomic E-state index is 11.0. The van der Waals surface area contributed by atoms with Crippen molar-refractivity contribution in [3.63, 3.8) is 0 Å². The van der Waals surface area contributed by atoms with Gasteiger partial charge in [-0.2, -0.15) is 0 Å². The first kappa shape index (κ1) is 11.6. The summed E-state index contributed by atoms with van der Waals surface area (Å²) in [4.78, 5) is 25.6. The fourth-order valence-electron chi connectivity index (χ4n) is 1.38. The number of ether oxygens (including phenoxy) is 1. The molecule has 2 N–H and O–H groups in total. The minimum atomic E-state index is -0.668. The molecule has 2 rings (SSSR count). The maximum Gasteiger partial charge on any atom is 0.338 e. The Morgan fingerprint density at radius 3 is 2.61 bits per heavy atom. The van der Waals surface area contributed by atoms with Gasteiger partial charge in [-0.25, -0.2) is 19.9 Å². The predicted octanol–water partition coefficient (Wildman–Crippen LogP) is 0.433. The molecule has 0 bridgehead atoms. The largest absolute Gasteiger partial charge is 0.479 e. The number of nitro groups is 1. The molecule has 0 aliphatic rings. The first-order valence-electron chi connectivity index (χ1n) is 4.75. The smallest absolute Gasteiger partial charge is 0.338 e. The number of hydrogen-bond acceptors (Lipinski definition) is 8. The topological polar surface area (TPSA) is 130 Å². The Balaban J connectivity index is 2.71. The van der Waals surface area contributed by atoms with E-state index in [9.17, 15) is 10.1 Å². The van der Waals surface area contributed by atoms with Crippen LogP contribution in [0.25, 0.3) is 11.4 Å². The van der Waals surface area contributed by atoms with Crippen LogP contribution in [-0.2, 0) is 0 Å². The summed E-state index contributed by atoms with van der Waals surface area (Å²) >= 11 is 0. The Bertz CT molecular complexity index is 603. The molecule has 18 heavy (non-hydrogen) atoms. The fourth-order valence-corrected chi connectivity index (χ4v) is 1.38. The molecule has 9 heteroatoms. The van der Waals surface area contributed by atoms with Crippen molar-refractivity contribution in [1.82, 2.24) is 19.9 Å². The van der Waals surface area contributed by atoms with Crippen molar-refractivity contribution in [1.29, 1.82) is 0 Å². The van der Waals surface area contributed by atoms with E-state index in [-0.39, 0.29) is 23.1 Å². The van der Waals surface area contributed by atoms with Gasteiger partial charge < -0.3 is 10.5 Å². The summed E-state index contributed by atoms with van der Waals surface area (Å²) in [6, 6.07) is 0. The van der Waals surface area contributed by atoms with E-state index in [2.05, 4.69) is 19.9 Å². The van der Waals surface area contributed by atoms with Crippen molar-refractivity contribution >= 4 is 11.5 Å². The van der Waals surface area contributed by atoms with E-state index >= 15 is 0 Å². The minimum Gasteiger partial charge on any atom is -0.479 e. The lowest BCUT2D eigenvalue weighted by Gasteiger charge is -2.05. The van der Waals surface area contributed by atoms with Crippen LogP contribution in [0.15, 0.2) is 18.7 Å². The molecule has 0 amide bonds. The second kappa shape index (κ2) is 4.57. The number of hydrogen-bond donors (Lipinski definition) is 1. The van der Waals surface area contributed by atoms with Gasteiger partial charge in [0.1, 0.15) is 6.33 Å². The van der Waals surface area contributed by atoms with Crippen molar-refractivity contribution in [3.8, 4) is 17.3 Å². The molecule has 9 nitrogen and oxygen atoms in total. The van der Waals surface area contributed by atoms with Gasteiger partial charge in [0.05, 0.1) is 12.0 Å². The molecule has 92 valence electrons. The first-order valence-corrected chi connectivity index (χ1v) is 4.75. The average Bonchev–Trinajstić information content (AvgIpc) is 2.38. The Kier molecular flexibility index (Phi) is 2.96. The summed E-state index contributed by atoms with van der Waals surface area (Å²) in [5.74, 6) is -0.114. The molecule has 0 aromatic carbocycles. The number of anilines is 1. The van der Waals surface area contributed by atoms with Crippen LogP contribution in [0.5, 0.6) is 5.88 Å². The minimum absolute atomic E-state index is 0.0301. The van der Waals surface area contributed by atoms with Crippen LogP contribution >= 0.6 is 0 Å². The lowest BCUT2D eigenvalue weighted by atomic mass is 10.2. The second-order valence-electron chi connectivity index (χ2n) is 3.13. The summed E-state index contributed by atoms with van der Waals surface area (Å²) < 4.78 is 4.98. The zero-order valence-corrected chi connectivity index (χ0v) is 9.27. The normalized spacial score (nSPS) is 10.1. The van der Waals surface area contributed by atoms with Crippen LogP contribution in [0, 0.1) is 10.1 Å². The van der Waals surface area contributed by atoms with Crippen LogP contribution < -0.4 is 10.5 Å². The molecule has 0 aliphatic carbocycles. The SMILES string of the molecule is COc1nccnc1-c1ncnc(N)c1[N+](=O)[O-]. The number of methoxy groups -OCH3 is 1. The van der Waals surface area contributed by atoms with Crippen LogP contribution in [0.2, 0.25) is 0 Å². The summed E-state index contributed by atoms with van der Waals surface area (Å²) in [5.41, 5.74) is 5.16. The van der Waals surface area contributed by atoms with Crippen molar-refractivity contribution in [2.45, 2.75) is 0 Å². The van der Waals surface area contributed by atoms with Gasteiger partial charge in [-0.3, -0.25) is 10.1 Å². The van der Waals surface area contributed by atoms with Gasteiger partial charge in [0.2, 0.25) is 11.7 Å². The first-order chi connectivity index (χ1) is 8.65. The highest BCUT2D eigenvalue weighted by molar-refractivity contribution is 5.75. The molecular formula is C9H8N6O3. The predicted molar refractivity (Wildman–Crippen MR) is 60.7 cm³/mol. The van der Waals surface area contributed by atoms with E-state index in [4.69, 9.17) is 10.5 Å². The summed E-state index contributed by atoms with van der Waals surface area (Å²) in [6.45, 7) is 0. The third kappa shape index (κ3) is 1.88. The van der Waals surface area contributed by atoms with Gasteiger partial charge in [-0.15, -0.1) is 0 Å². The summed E-state index contributed by atoms with van der Waals surface area (Å²) in [7, 11) is 1.38. The highest BCUT2D eigenvalue weighted by atomic mass is 16.6. The van der Waals surface area contributed by atoms with Crippen LogP contribution in [0.3, 0.4) is 0 Å². The number of rotatable bonds is 3. The van der Waals surface area contributed by atoms with Crippen LogP contribution in [0.1, 0.15) is 0 Å². The molecule has 0 atom stereocenters. The number of nitrogen functional groups attached to an aromatic ring is 1. The molecule has 0 saturated carbocycles. The Morgan fingerprint density at radius 1 is 1.22 bits per heavy atom. The zero-order chi connectivity index (χ0) is 13.1. The van der Waals surface area contributed by atoms with Crippen molar-refractivity contribution in [3.05, 3.63) is 28.8 Å². The molecule has 0 saturated heterocycles. The van der Waals surface area contributed by atoms with Crippen molar-refractivity contribution in [2.24, 2.45) is 0 Å². The number of nitrogens with zero attached hydrogens (tertiary/aromatic N) is 5. The number of nitrogens with two attached hydrogens (primary N) is 1. The fraction of sp³-hybridized carbons (Fsp3) is 0.111.